The Hall–Kier alpha value is -1.32. The summed E-state index contributed by atoms with van der Waals surface area (Å²) in [7, 11) is 1.81. The molecule has 0 radical (unpaired) electrons. The normalized spacial score (nSPS) is 23.8. The molecule has 1 heterocycles. The Bertz CT molecular complexity index is 520. The molecule has 96 valence electrons. The molecule has 2 unspecified atom stereocenters. The molecule has 18 heavy (non-hydrogen) atoms. The minimum Gasteiger partial charge on any atom is -0.381 e. The van der Waals surface area contributed by atoms with E-state index in [1.165, 1.54) is 29.3 Å². The van der Waals surface area contributed by atoms with Gasteiger partial charge >= 0.3 is 0 Å². The van der Waals surface area contributed by atoms with Crippen LogP contribution in [0.2, 0.25) is 0 Å². The minimum atomic E-state index is 0.452. The predicted molar refractivity (Wildman–Crippen MR) is 73.6 cm³/mol. The van der Waals surface area contributed by atoms with Crippen LogP contribution in [-0.4, -0.2) is 24.2 Å². The lowest BCUT2D eigenvalue weighted by Gasteiger charge is -2.12. The van der Waals surface area contributed by atoms with Gasteiger partial charge in [0.2, 0.25) is 0 Å². The second-order valence-corrected chi connectivity index (χ2v) is 5.15. The summed E-state index contributed by atoms with van der Waals surface area (Å²) in [5, 5.41) is 4.90. The van der Waals surface area contributed by atoms with E-state index >= 15 is 0 Å². The van der Waals surface area contributed by atoms with Gasteiger partial charge in [-0.05, 0) is 42.3 Å². The summed E-state index contributed by atoms with van der Waals surface area (Å²) >= 11 is 0. The molecule has 1 aliphatic carbocycles. The number of aromatic nitrogens is 1. The second-order valence-electron chi connectivity index (χ2n) is 5.15. The van der Waals surface area contributed by atoms with Crippen molar-refractivity contribution in [2.45, 2.75) is 38.0 Å². The van der Waals surface area contributed by atoms with Crippen LogP contribution >= 0.6 is 0 Å². The summed E-state index contributed by atoms with van der Waals surface area (Å²) in [4.78, 5) is 3.26. The van der Waals surface area contributed by atoms with Gasteiger partial charge in [0.25, 0.3) is 0 Å². The van der Waals surface area contributed by atoms with Crippen molar-refractivity contribution in [1.82, 2.24) is 10.3 Å². The lowest BCUT2D eigenvalue weighted by atomic mass is 10.1. The minimum absolute atomic E-state index is 0.452. The van der Waals surface area contributed by atoms with Gasteiger partial charge in [-0.2, -0.15) is 0 Å². The predicted octanol–water partition coefficient (Wildman–Crippen LogP) is 2.83. The smallest absolute Gasteiger partial charge is 0.0586 e. The van der Waals surface area contributed by atoms with Crippen molar-refractivity contribution >= 4 is 10.9 Å². The SMILES string of the molecule is COC1CCC(NCc2ccc3cc[nH]c3c2)C1. The van der Waals surface area contributed by atoms with E-state index in [2.05, 4.69) is 34.6 Å². The third-order valence-corrected chi connectivity index (χ3v) is 3.93. The Kier molecular flexibility index (Phi) is 3.35. The third kappa shape index (κ3) is 2.42. The summed E-state index contributed by atoms with van der Waals surface area (Å²) in [5.41, 5.74) is 2.56. The quantitative estimate of drug-likeness (QED) is 0.867. The largest absolute Gasteiger partial charge is 0.381 e. The number of H-pyrrole nitrogens is 1. The monoisotopic (exact) mass is 244 g/mol. The number of aromatic amines is 1. The molecule has 0 spiro atoms. The van der Waals surface area contributed by atoms with Crippen molar-refractivity contribution in [1.29, 1.82) is 0 Å². The molecular formula is C15H20N2O. The maximum absolute atomic E-state index is 5.40. The number of ether oxygens (including phenoxy) is 1. The number of nitrogens with one attached hydrogen (secondary N) is 2. The summed E-state index contributed by atoms with van der Waals surface area (Å²) in [6, 6.07) is 9.31. The van der Waals surface area contributed by atoms with Crippen LogP contribution < -0.4 is 5.32 Å². The number of hydrogen-bond acceptors (Lipinski definition) is 2. The Balaban J connectivity index is 1.59. The Morgan fingerprint density at radius 3 is 3.11 bits per heavy atom. The molecule has 2 atom stereocenters. The fourth-order valence-electron chi connectivity index (χ4n) is 2.81. The highest BCUT2D eigenvalue weighted by molar-refractivity contribution is 5.79. The van der Waals surface area contributed by atoms with Gasteiger partial charge in [-0.15, -0.1) is 0 Å². The number of hydrogen-bond donors (Lipinski definition) is 2. The van der Waals surface area contributed by atoms with Crippen LogP contribution in [0.5, 0.6) is 0 Å². The van der Waals surface area contributed by atoms with Crippen LogP contribution in [0.25, 0.3) is 10.9 Å². The van der Waals surface area contributed by atoms with E-state index in [4.69, 9.17) is 4.74 Å². The topological polar surface area (TPSA) is 37.0 Å². The lowest BCUT2D eigenvalue weighted by Crippen LogP contribution is -2.26. The van der Waals surface area contributed by atoms with Crippen molar-refractivity contribution < 1.29 is 4.74 Å². The van der Waals surface area contributed by atoms with Gasteiger partial charge in [0.05, 0.1) is 6.10 Å². The standard InChI is InChI=1S/C15H20N2O/c1-18-14-5-4-13(9-14)17-10-11-2-3-12-6-7-16-15(12)8-11/h2-3,6-8,13-14,16-17H,4-5,9-10H2,1H3. The van der Waals surface area contributed by atoms with Crippen molar-refractivity contribution in [3.05, 3.63) is 36.0 Å². The second kappa shape index (κ2) is 5.12. The summed E-state index contributed by atoms with van der Waals surface area (Å²) in [5.74, 6) is 0. The molecule has 1 aromatic carbocycles. The molecule has 3 rings (SSSR count). The van der Waals surface area contributed by atoms with E-state index in [-0.39, 0.29) is 0 Å². The molecule has 0 amide bonds. The van der Waals surface area contributed by atoms with Crippen molar-refractivity contribution in [3.8, 4) is 0 Å². The molecule has 1 fully saturated rings. The van der Waals surface area contributed by atoms with Crippen LogP contribution in [0.1, 0.15) is 24.8 Å². The fraction of sp³-hybridized carbons (Fsp3) is 0.467. The van der Waals surface area contributed by atoms with E-state index in [0.717, 1.165) is 13.0 Å². The van der Waals surface area contributed by atoms with Crippen molar-refractivity contribution in [3.63, 3.8) is 0 Å². The van der Waals surface area contributed by atoms with Crippen molar-refractivity contribution in [2.75, 3.05) is 7.11 Å². The molecule has 0 saturated heterocycles. The number of fused-ring (bicyclic) bond motifs is 1. The summed E-state index contributed by atoms with van der Waals surface area (Å²) in [6.07, 6.45) is 5.99. The van der Waals surface area contributed by atoms with E-state index in [0.29, 0.717) is 12.1 Å². The van der Waals surface area contributed by atoms with Gasteiger partial charge in [0.15, 0.2) is 0 Å². The Labute approximate surface area is 108 Å². The Morgan fingerprint density at radius 1 is 1.33 bits per heavy atom. The van der Waals surface area contributed by atoms with Crippen LogP contribution in [0, 0.1) is 0 Å². The molecule has 1 saturated carbocycles. The van der Waals surface area contributed by atoms with Gasteiger partial charge in [-0.3, -0.25) is 0 Å². The molecule has 1 aromatic heterocycles. The zero-order valence-electron chi connectivity index (χ0n) is 10.8. The summed E-state index contributed by atoms with van der Waals surface area (Å²) < 4.78 is 5.40. The molecule has 0 bridgehead atoms. The van der Waals surface area contributed by atoms with E-state index < -0.39 is 0 Å². The van der Waals surface area contributed by atoms with Gasteiger partial charge in [-0.25, -0.2) is 0 Å². The molecule has 0 aliphatic heterocycles. The first-order valence-corrected chi connectivity index (χ1v) is 6.67. The highest BCUT2D eigenvalue weighted by atomic mass is 16.5. The van der Waals surface area contributed by atoms with E-state index in [1.54, 1.807) is 0 Å². The lowest BCUT2D eigenvalue weighted by molar-refractivity contribution is 0.107. The van der Waals surface area contributed by atoms with Crippen LogP contribution in [0.3, 0.4) is 0 Å². The van der Waals surface area contributed by atoms with Crippen LogP contribution in [0.4, 0.5) is 0 Å². The number of rotatable bonds is 4. The van der Waals surface area contributed by atoms with Gasteiger partial charge in [0, 0.05) is 31.4 Å². The first kappa shape index (κ1) is 11.8. The molecule has 2 N–H and O–H groups in total. The average Bonchev–Trinajstić information content (AvgIpc) is 3.04. The first-order chi connectivity index (χ1) is 8.85. The fourth-order valence-corrected chi connectivity index (χ4v) is 2.81. The van der Waals surface area contributed by atoms with Crippen LogP contribution in [-0.2, 0) is 11.3 Å². The maximum Gasteiger partial charge on any atom is 0.0586 e. The first-order valence-electron chi connectivity index (χ1n) is 6.67. The molecule has 3 nitrogen and oxygen atoms in total. The highest BCUT2D eigenvalue weighted by Gasteiger charge is 2.23. The zero-order valence-corrected chi connectivity index (χ0v) is 10.8. The number of benzene rings is 1. The Morgan fingerprint density at radius 2 is 2.28 bits per heavy atom. The van der Waals surface area contributed by atoms with Crippen molar-refractivity contribution in [2.24, 2.45) is 0 Å². The van der Waals surface area contributed by atoms with Gasteiger partial charge in [0.1, 0.15) is 0 Å². The van der Waals surface area contributed by atoms with E-state index in [1.807, 2.05) is 13.3 Å². The average molecular weight is 244 g/mol. The molecule has 1 aliphatic rings. The number of methoxy groups -OCH3 is 1. The molecular weight excluding hydrogens is 224 g/mol. The zero-order chi connectivity index (χ0) is 12.4. The van der Waals surface area contributed by atoms with Crippen LogP contribution in [0.15, 0.2) is 30.5 Å². The molecule has 3 heteroatoms. The van der Waals surface area contributed by atoms with Gasteiger partial charge in [-0.1, -0.05) is 12.1 Å². The maximum atomic E-state index is 5.40. The van der Waals surface area contributed by atoms with Gasteiger partial charge < -0.3 is 15.0 Å². The summed E-state index contributed by atoms with van der Waals surface area (Å²) in [6.45, 7) is 0.941. The van der Waals surface area contributed by atoms with E-state index in [9.17, 15) is 0 Å². The molecule has 2 aromatic rings. The highest BCUT2D eigenvalue weighted by Crippen LogP contribution is 2.22. The third-order valence-electron chi connectivity index (χ3n) is 3.93.